The van der Waals surface area contributed by atoms with Gasteiger partial charge in [0, 0.05) is 6.92 Å². The predicted molar refractivity (Wildman–Crippen MR) is 31.9 cm³/mol. The number of hydrogen-bond acceptors (Lipinski definition) is 3. The molecule has 0 bridgehead atoms. The van der Waals surface area contributed by atoms with Crippen LogP contribution in [0.2, 0.25) is 0 Å². The lowest BCUT2D eigenvalue weighted by molar-refractivity contribution is -0.117. The lowest BCUT2D eigenvalue weighted by Gasteiger charge is -1.91. The Morgan fingerprint density at radius 1 is 1.78 bits per heavy atom. The van der Waals surface area contributed by atoms with Gasteiger partial charge < -0.3 is 0 Å². The zero-order valence-electron chi connectivity index (χ0n) is 4.83. The van der Waals surface area contributed by atoms with Crippen molar-refractivity contribution in [3.05, 3.63) is 0 Å². The monoisotopic (exact) mass is 125 g/mol. The summed E-state index contributed by atoms with van der Waals surface area (Å²) in [6.45, 7) is 1.39. The summed E-state index contributed by atoms with van der Waals surface area (Å²) >= 11 is 0. The van der Waals surface area contributed by atoms with Crippen LogP contribution in [0, 0.1) is 0 Å². The van der Waals surface area contributed by atoms with E-state index in [-0.39, 0.29) is 11.9 Å². The van der Waals surface area contributed by atoms with Crippen LogP contribution in [-0.4, -0.2) is 18.2 Å². The maximum Gasteiger partial charge on any atom is 0.250 e. The molecule has 1 amide bonds. The molecule has 0 spiro atoms. The van der Waals surface area contributed by atoms with E-state index in [4.69, 9.17) is 0 Å². The molecule has 0 unspecified atom stereocenters. The van der Waals surface area contributed by atoms with Gasteiger partial charge in [0.25, 0.3) is 5.96 Å². The van der Waals surface area contributed by atoms with Gasteiger partial charge in [0.2, 0.25) is 5.91 Å². The molecule has 0 aromatic carbocycles. The molecule has 9 heavy (non-hydrogen) atoms. The molecule has 47 valence electrons. The number of nitrogens with zero attached hydrogens (tertiary/aromatic N) is 3. The number of guanidine groups is 1. The van der Waals surface area contributed by atoms with Crippen LogP contribution in [0.4, 0.5) is 0 Å². The normalized spacial score (nSPS) is 14.6. The molecule has 1 heterocycles. The second-order valence-corrected chi connectivity index (χ2v) is 1.46. The summed E-state index contributed by atoms with van der Waals surface area (Å²) in [5.74, 6) is 0.0606. The highest BCUT2D eigenvalue weighted by Crippen LogP contribution is 1.80. The Hall–Kier alpha value is -1.39. The summed E-state index contributed by atoms with van der Waals surface area (Å²) in [5.41, 5.74) is 3.40. The quantitative estimate of drug-likeness (QED) is 0.445. The third kappa shape index (κ3) is 1.52. The first kappa shape index (κ1) is 5.74. The molecule has 0 aromatic rings. The second kappa shape index (κ2) is 2.25. The van der Waals surface area contributed by atoms with Crippen molar-refractivity contribution in [3.8, 4) is 0 Å². The van der Waals surface area contributed by atoms with Crippen molar-refractivity contribution in [1.82, 2.24) is 10.7 Å². The third-order valence-corrected chi connectivity index (χ3v) is 0.672. The minimum Gasteiger partial charge on any atom is -0.293 e. The highest BCUT2D eigenvalue weighted by Gasteiger charge is 2.01. The molecule has 0 saturated carbocycles. The van der Waals surface area contributed by atoms with Gasteiger partial charge in [-0.05, 0) is 0 Å². The van der Waals surface area contributed by atoms with Crippen LogP contribution < -0.4 is 10.7 Å². The number of hydrogen-bond donors (Lipinski definition) is 1. The molecule has 1 radical (unpaired) electrons. The summed E-state index contributed by atoms with van der Waals surface area (Å²) in [4.78, 5) is 13.9. The largest absolute Gasteiger partial charge is 0.293 e. The van der Waals surface area contributed by atoms with Crippen molar-refractivity contribution in [2.75, 3.05) is 0 Å². The zero-order valence-corrected chi connectivity index (χ0v) is 4.83. The summed E-state index contributed by atoms with van der Waals surface area (Å²) in [6, 6.07) is 0. The molecule has 0 saturated heterocycles. The van der Waals surface area contributed by atoms with Gasteiger partial charge in [-0.15, -0.1) is 10.5 Å². The van der Waals surface area contributed by atoms with Crippen molar-refractivity contribution < 1.29 is 4.79 Å². The summed E-state index contributed by atoms with van der Waals surface area (Å²) < 4.78 is 0. The Morgan fingerprint density at radius 2 is 2.56 bits per heavy atom. The van der Waals surface area contributed by atoms with E-state index >= 15 is 0 Å². The van der Waals surface area contributed by atoms with E-state index in [9.17, 15) is 4.79 Å². The topological polar surface area (TPSA) is 67.9 Å². The molecule has 0 fully saturated rings. The van der Waals surface area contributed by atoms with Gasteiger partial charge >= 0.3 is 0 Å². The number of rotatable bonds is 0. The number of nitrogens with one attached hydrogen (secondary N) is 1. The maximum absolute atomic E-state index is 10.3. The van der Waals surface area contributed by atoms with Crippen molar-refractivity contribution >= 4 is 18.2 Å². The van der Waals surface area contributed by atoms with Gasteiger partial charge in [-0.2, -0.15) is 4.99 Å². The van der Waals surface area contributed by atoms with Gasteiger partial charge in [0.05, 0.1) is 0 Å². The van der Waals surface area contributed by atoms with E-state index in [1.165, 1.54) is 13.3 Å². The van der Waals surface area contributed by atoms with Crippen LogP contribution in [0.15, 0.2) is 10.1 Å². The van der Waals surface area contributed by atoms with Gasteiger partial charge in [-0.25, -0.2) is 0 Å². The Morgan fingerprint density at radius 3 is 3.00 bits per heavy atom. The molecule has 0 aliphatic carbocycles. The van der Waals surface area contributed by atoms with E-state index in [0.717, 1.165) is 0 Å². The molecule has 0 aromatic heterocycles. The minimum atomic E-state index is -0.192. The van der Waals surface area contributed by atoms with Crippen LogP contribution in [-0.2, 0) is 4.79 Å². The smallest absolute Gasteiger partial charge is 0.250 e. The predicted octanol–water partition coefficient (Wildman–Crippen LogP) is -0.960. The van der Waals surface area contributed by atoms with E-state index in [0.29, 0.717) is 0 Å². The third-order valence-electron chi connectivity index (χ3n) is 0.672. The highest BCUT2D eigenvalue weighted by atomic mass is 16.1. The average Bonchev–Trinajstić information content (AvgIpc) is 2.15. The summed E-state index contributed by atoms with van der Waals surface area (Å²) in [5, 5.41) is 5.82. The number of aliphatic imine (C=N–C) groups is 1. The Bertz CT molecular complexity index is 183. The minimum absolute atomic E-state index is 0.192. The first-order valence-electron chi connectivity index (χ1n) is 2.37. The molecular formula is C4H5N4O. The second-order valence-electron chi connectivity index (χ2n) is 1.46. The fourth-order valence-corrected chi connectivity index (χ4v) is 0.402. The number of amides is 1. The first-order chi connectivity index (χ1) is 4.29. The molecule has 1 rings (SSSR count). The maximum atomic E-state index is 10.3. The van der Waals surface area contributed by atoms with E-state index in [1.807, 2.05) is 0 Å². The first-order valence-corrected chi connectivity index (χ1v) is 2.37. The SMILES string of the molecule is CC(=O)NC1=N[N]C=N1. The fraction of sp³-hybridized carbons (Fsp3) is 0.250. The van der Waals surface area contributed by atoms with Crippen molar-refractivity contribution in [3.63, 3.8) is 0 Å². The van der Waals surface area contributed by atoms with E-state index in [2.05, 4.69) is 20.8 Å². The van der Waals surface area contributed by atoms with Crippen LogP contribution in [0.5, 0.6) is 0 Å². The number of carbonyl (C=O) groups excluding carboxylic acids is 1. The molecule has 5 heteroatoms. The summed E-state index contributed by atoms with van der Waals surface area (Å²) in [7, 11) is 0. The number of carbonyl (C=O) groups is 1. The zero-order chi connectivity index (χ0) is 6.69. The lowest BCUT2D eigenvalue weighted by Crippen LogP contribution is -2.25. The van der Waals surface area contributed by atoms with E-state index < -0.39 is 0 Å². The Balaban J connectivity index is 2.45. The van der Waals surface area contributed by atoms with Gasteiger partial charge in [0.15, 0.2) is 0 Å². The Kier molecular flexibility index (Phi) is 1.44. The lowest BCUT2D eigenvalue weighted by atomic mass is 10.7. The highest BCUT2D eigenvalue weighted by molar-refractivity contribution is 6.00. The molecule has 1 aliphatic heterocycles. The van der Waals surface area contributed by atoms with Crippen LogP contribution >= 0.6 is 0 Å². The van der Waals surface area contributed by atoms with Crippen LogP contribution in [0.1, 0.15) is 6.92 Å². The molecule has 1 N–H and O–H groups in total. The van der Waals surface area contributed by atoms with Crippen LogP contribution in [0.3, 0.4) is 0 Å². The van der Waals surface area contributed by atoms with Crippen molar-refractivity contribution in [2.24, 2.45) is 10.1 Å². The van der Waals surface area contributed by atoms with Gasteiger partial charge in [-0.1, -0.05) is 0 Å². The van der Waals surface area contributed by atoms with Gasteiger partial charge in [-0.3, -0.25) is 10.1 Å². The molecular weight excluding hydrogens is 120 g/mol. The van der Waals surface area contributed by atoms with Crippen molar-refractivity contribution in [1.29, 1.82) is 0 Å². The fourth-order valence-electron chi connectivity index (χ4n) is 0.402. The van der Waals surface area contributed by atoms with Crippen LogP contribution in [0.25, 0.3) is 0 Å². The molecule has 1 aliphatic rings. The average molecular weight is 125 g/mol. The Labute approximate surface area is 51.9 Å². The molecule has 0 atom stereocenters. The summed E-state index contributed by atoms with van der Waals surface area (Å²) in [6.07, 6.45) is 1.27. The van der Waals surface area contributed by atoms with Gasteiger partial charge in [0.1, 0.15) is 6.34 Å². The standard InChI is InChI=1S/C4H5N4O/c1-3(9)7-4-5-2-6-8-4/h2H,1H3,(H,7,8,9). The van der Waals surface area contributed by atoms with Crippen molar-refractivity contribution in [2.45, 2.75) is 6.92 Å². The van der Waals surface area contributed by atoms with E-state index in [1.54, 1.807) is 0 Å². The molecule has 5 nitrogen and oxygen atoms in total.